The largest absolute Gasteiger partial charge is 0.478 e. The molecule has 1 rings (SSSR count). The van der Waals surface area contributed by atoms with E-state index >= 15 is 0 Å². The van der Waals surface area contributed by atoms with Gasteiger partial charge in [0.05, 0.1) is 12.2 Å². The highest BCUT2D eigenvalue weighted by atomic mass is 32.1. The third-order valence-electron chi connectivity index (χ3n) is 1.76. The van der Waals surface area contributed by atoms with Gasteiger partial charge in [0, 0.05) is 15.3 Å². The van der Waals surface area contributed by atoms with Crippen molar-refractivity contribution < 1.29 is 15.0 Å². The van der Waals surface area contributed by atoms with Crippen molar-refractivity contribution in [2.75, 3.05) is 0 Å². The number of thiophene rings is 1. The highest BCUT2D eigenvalue weighted by molar-refractivity contribution is 7.12. The second-order valence-electron chi connectivity index (χ2n) is 2.53. The van der Waals surface area contributed by atoms with E-state index < -0.39 is 5.97 Å². The van der Waals surface area contributed by atoms with Crippen LogP contribution in [-0.4, -0.2) is 16.2 Å². The van der Waals surface area contributed by atoms with Crippen LogP contribution in [0, 0.1) is 13.8 Å². The van der Waals surface area contributed by atoms with Crippen molar-refractivity contribution >= 4 is 17.3 Å². The molecule has 66 valence electrons. The van der Waals surface area contributed by atoms with Crippen molar-refractivity contribution in [3.63, 3.8) is 0 Å². The molecule has 0 bridgehead atoms. The first-order chi connectivity index (χ1) is 5.57. The van der Waals surface area contributed by atoms with Crippen LogP contribution in [0.2, 0.25) is 0 Å². The van der Waals surface area contributed by atoms with E-state index in [0.29, 0.717) is 5.56 Å². The summed E-state index contributed by atoms with van der Waals surface area (Å²) in [5, 5.41) is 17.7. The summed E-state index contributed by atoms with van der Waals surface area (Å²) in [7, 11) is 0. The highest BCUT2D eigenvalue weighted by Crippen LogP contribution is 2.27. The molecule has 0 aliphatic heterocycles. The number of hydrogen-bond donors (Lipinski definition) is 2. The molecule has 0 unspecified atom stereocenters. The van der Waals surface area contributed by atoms with Crippen LogP contribution < -0.4 is 0 Å². The molecule has 4 heteroatoms. The zero-order valence-electron chi connectivity index (χ0n) is 6.92. The van der Waals surface area contributed by atoms with Crippen molar-refractivity contribution in [2.45, 2.75) is 20.5 Å². The number of aliphatic hydroxyl groups is 1. The fraction of sp³-hybridized carbons (Fsp3) is 0.375. The lowest BCUT2D eigenvalue weighted by atomic mass is 10.1. The molecule has 12 heavy (non-hydrogen) atoms. The second kappa shape index (κ2) is 3.25. The third kappa shape index (κ3) is 1.35. The van der Waals surface area contributed by atoms with Crippen LogP contribution in [0.1, 0.15) is 25.7 Å². The van der Waals surface area contributed by atoms with Gasteiger partial charge in [0.15, 0.2) is 0 Å². The van der Waals surface area contributed by atoms with E-state index in [-0.39, 0.29) is 12.2 Å². The molecule has 1 aromatic rings. The zero-order valence-corrected chi connectivity index (χ0v) is 7.73. The van der Waals surface area contributed by atoms with Crippen LogP contribution in [0.25, 0.3) is 0 Å². The fourth-order valence-corrected chi connectivity index (χ4v) is 2.26. The highest BCUT2D eigenvalue weighted by Gasteiger charge is 2.17. The molecule has 0 radical (unpaired) electrons. The molecule has 0 atom stereocenters. The van der Waals surface area contributed by atoms with E-state index in [1.54, 1.807) is 6.92 Å². The number of carbonyl (C=O) groups is 1. The predicted octanol–water partition coefficient (Wildman–Crippen LogP) is 1.56. The van der Waals surface area contributed by atoms with E-state index in [1.165, 1.54) is 11.3 Å². The number of carboxylic acids is 1. The first kappa shape index (κ1) is 9.22. The standard InChI is InChI=1S/C8H10O3S/c1-4-6(3-9)7(8(10)11)5(2)12-4/h9H,3H2,1-2H3,(H,10,11). The van der Waals surface area contributed by atoms with Crippen LogP contribution in [0.4, 0.5) is 0 Å². The molecule has 0 amide bonds. The van der Waals surface area contributed by atoms with Gasteiger partial charge in [-0.05, 0) is 13.8 Å². The number of hydrogen-bond acceptors (Lipinski definition) is 3. The van der Waals surface area contributed by atoms with Crippen molar-refractivity contribution in [1.82, 2.24) is 0 Å². The molecule has 0 saturated carbocycles. The van der Waals surface area contributed by atoms with Gasteiger partial charge in [-0.25, -0.2) is 4.79 Å². The first-order valence-electron chi connectivity index (χ1n) is 3.51. The Labute approximate surface area is 74.3 Å². The molecule has 0 saturated heterocycles. The number of carboxylic acid groups (broad SMARTS) is 1. The van der Waals surface area contributed by atoms with Crippen LogP contribution in [-0.2, 0) is 6.61 Å². The Bertz CT molecular complexity index is 314. The Morgan fingerprint density at radius 1 is 1.42 bits per heavy atom. The van der Waals surface area contributed by atoms with Crippen LogP contribution in [0.5, 0.6) is 0 Å². The Balaban J connectivity index is 3.32. The zero-order chi connectivity index (χ0) is 9.30. The molecule has 0 aromatic carbocycles. The lowest BCUT2D eigenvalue weighted by molar-refractivity contribution is 0.0693. The Hall–Kier alpha value is -0.870. The van der Waals surface area contributed by atoms with Crippen molar-refractivity contribution in [2.24, 2.45) is 0 Å². The van der Waals surface area contributed by atoms with E-state index in [9.17, 15) is 4.79 Å². The molecular weight excluding hydrogens is 176 g/mol. The minimum atomic E-state index is -0.957. The normalized spacial score (nSPS) is 10.2. The molecule has 0 aliphatic rings. The lowest BCUT2D eigenvalue weighted by Crippen LogP contribution is -2.01. The minimum Gasteiger partial charge on any atom is -0.478 e. The number of aromatic carboxylic acids is 1. The average molecular weight is 186 g/mol. The summed E-state index contributed by atoms with van der Waals surface area (Å²) >= 11 is 1.41. The molecule has 0 fully saturated rings. The molecule has 0 aliphatic carbocycles. The van der Waals surface area contributed by atoms with Crippen molar-refractivity contribution in [1.29, 1.82) is 0 Å². The summed E-state index contributed by atoms with van der Waals surface area (Å²) in [5.41, 5.74) is 0.810. The number of aliphatic hydroxyl groups excluding tert-OH is 1. The first-order valence-corrected chi connectivity index (χ1v) is 4.32. The number of aryl methyl sites for hydroxylation is 2. The van der Waals surface area contributed by atoms with Gasteiger partial charge in [-0.15, -0.1) is 11.3 Å². The maximum absolute atomic E-state index is 10.7. The molecule has 3 nitrogen and oxygen atoms in total. The van der Waals surface area contributed by atoms with E-state index in [0.717, 1.165) is 9.75 Å². The predicted molar refractivity (Wildman–Crippen MR) is 46.7 cm³/mol. The molecular formula is C8H10O3S. The minimum absolute atomic E-state index is 0.197. The van der Waals surface area contributed by atoms with Gasteiger partial charge in [0.2, 0.25) is 0 Å². The summed E-state index contributed by atoms with van der Waals surface area (Å²) in [6.45, 7) is 3.37. The quantitative estimate of drug-likeness (QED) is 0.736. The molecule has 1 aromatic heterocycles. The molecule has 2 N–H and O–H groups in total. The molecule has 1 heterocycles. The van der Waals surface area contributed by atoms with Crippen LogP contribution in [0.3, 0.4) is 0 Å². The summed E-state index contributed by atoms with van der Waals surface area (Å²) in [6, 6.07) is 0. The van der Waals surface area contributed by atoms with Crippen LogP contribution in [0.15, 0.2) is 0 Å². The van der Waals surface area contributed by atoms with Gasteiger partial charge in [-0.2, -0.15) is 0 Å². The van der Waals surface area contributed by atoms with Gasteiger partial charge in [0.1, 0.15) is 0 Å². The van der Waals surface area contributed by atoms with Crippen molar-refractivity contribution in [3.8, 4) is 0 Å². The smallest absolute Gasteiger partial charge is 0.337 e. The van der Waals surface area contributed by atoms with Gasteiger partial charge < -0.3 is 10.2 Å². The summed E-state index contributed by atoms with van der Waals surface area (Å²) in [5.74, 6) is -0.957. The summed E-state index contributed by atoms with van der Waals surface area (Å²) < 4.78 is 0. The third-order valence-corrected chi connectivity index (χ3v) is 2.82. The lowest BCUT2D eigenvalue weighted by Gasteiger charge is -1.96. The maximum atomic E-state index is 10.7. The molecule has 0 spiro atoms. The topological polar surface area (TPSA) is 57.5 Å². The maximum Gasteiger partial charge on any atom is 0.337 e. The second-order valence-corrected chi connectivity index (χ2v) is 3.96. The van der Waals surface area contributed by atoms with Gasteiger partial charge in [-0.1, -0.05) is 0 Å². The van der Waals surface area contributed by atoms with E-state index in [2.05, 4.69) is 0 Å². The Kier molecular flexibility index (Phi) is 2.49. The SMILES string of the molecule is Cc1sc(C)c(C(=O)O)c1CO. The Morgan fingerprint density at radius 3 is 2.33 bits per heavy atom. The van der Waals surface area contributed by atoms with Crippen molar-refractivity contribution in [3.05, 3.63) is 20.9 Å². The van der Waals surface area contributed by atoms with Crippen LogP contribution >= 0.6 is 11.3 Å². The Morgan fingerprint density at radius 2 is 2.00 bits per heavy atom. The summed E-state index contributed by atoms with van der Waals surface area (Å²) in [4.78, 5) is 12.3. The summed E-state index contributed by atoms with van der Waals surface area (Å²) in [6.07, 6.45) is 0. The monoisotopic (exact) mass is 186 g/mol. The fourth-order valence-electron chi connectivity index (χ4n) is 1.20. The van der Waals surface area contributed by atoms with E-state index in [1.807, 2.05) is 6.92 Å². The van der Waals surface area contributed by atoms with Gasteiger partial charge >= 0.3 is 5.97 Å². The number of rotatable bonds is 2. The van der Waals surface area contributed by atoms with Gasteiger partial charge in [0.25, 0.3) is 0 Å². The van der Waals surface area contributed by atoms with Gasteiger partial charge in [-0.3, -0.25) is 0 Å². The van der Waals surface area contributed by atoms with E-state index in [4.69, 9.17) is 10.2 Å². The average Bonchev–Trinajstić information content (AvgIpc) is 2.24.